The molecule has 1 aliphatic heterocycles. The number of nitrogens with one attached hydrogen (secondary N) is 1. The maximum atomic E-state index is 15.0. The van der Waals surface area contributed by atoms with Crippen molar-refractivity contribution in [1.82, 2.24) is 9.88 Å². The minimum absolute atomic E-state index is 0.0459. The van der Waals surface area contributed by atoms with E-state index in [1.807, 2.05) is 0 Å². The number of pyridine rings is 1. The molecule has 11 heteroatoms. The number of carbonyl (C=O) groups is 2. The second kappa shape index (κ2) is 9.67. The molecule has 3 aromatic rings. The van der Waals surface area contributed by atoms with Gasteiger partial charge < -0.3 is 19.5 Å². The van der Waals surface area contributed by atoms with Gasteiger partial charge in [-0.3, -0.25) is 14.4 Å². The van der Waals surface area contributed by atoms with Crippen LogP contribution < -0.4 is 20.5 Å². The fraction of sp³-hybridized carbons (Fsp3) is 0.208. The molecule has 1 N–H and O–H groups in total. The number of aryl methyl sites for hydroxylation is 1. The molecule has 1 fully saturated rings. The Morgan fingerprint density at radius 3 is 2.29 bits per heavy atom. The van der Waals surface area contributed by atoms with Crippen LogP contribution in [0.15, 0.2) is 53.5 Å². The average molecular weight is 522 g/mol. The van der Waals surface area contributed by atoms with Gasteiger partial charge in [0.05, 0.1) is 12.1 Å². The van der Waals surface area contributed by atoms with Crippen molar-refractivity contribution in [3.8, 4) is 5.75 Å². The van der Waals surface area contributed by atoms with Crippen LogP contribution in [-0.4, -0.2) is 36.1 Å². The van der Waals surface area contributed by atoms with Crippen molar-refractivity contribution < 1.29 is 23.1 Å². The number of nitrogens with zero attached hydrogens (tertiary/aromatic N) is 2. The Hall–Kier alpha value is -3.43. The summed E-state index contributed by atoms with van der Waals surface area (Å²) in [5.41, 5.74) is -0.843. The molecule has 182 valence electrons. The topological polar surface area (TPSA) is 80.6 Å². The second-order valence-electron chi connectivity index (χ2n) is 7.98. The zero-order valence-corrected chi connectivity index (χ0v) is 20.0. The third kappa shape index (κ3) is 4.74. The molecule has 2 amide bonds. The number of carbonyl (C=O) groups excluding carboxylic acids is 2. The standard InChI is InChI=1S/C24H19Cl2F2N3O4/c1-30-10-14(26)7-19(23(30)33)31-11-16(20-17(27)8-15(35-2)9-18(20)28)21(24(31)34)29-22(32)12-3-5-13(25)6-4-12/h3-10,16,21H,11H2,1-2H3,(H,29,32)/t16-,21-/m0/s1. The molecule has 7 nitrogen and oxygen atoms in total. The van der Waals surface area contributed by atoms with Gasteiger partial charge >= 0.3 is 0 Å². The molecule has 0 aliphatic carbocycles. The Bertz CT molecular complexity index is 1360. The van der Waals surface area contributed by atoms with Crippen molar-refractivity contribution in [2.75, 3.05) is 18.6 Å². The SMILES string of the molecule is COc1cc(F)c([C@@H]2CN(c3cc(Cl)cn(C)c3=O)C(=O)[C@H]2NC(=O)c2ccc(Cl)cc2)c(F)c1. The summed E-state index contributed by atoms with van der Waals surface area (Å²) in [7, 11) is 2.72. The van der Waals surface area contributed by atoms with Crippen molar-refractivity contribution in [2.24, 2.45) is 7.05 Å². The number of benzene rings is 2. The van der Waals surface area contributed by atoms with Gasteiger partial charge in [-0.15, -0.1) is 0 Å². The lowest BCUT2D eigenvalue weighted by molar-refractivity contribution is -0.118. The first-order chi connectivity index (χ1) is 16.6. The molecule has 2 aromatic carbocycles. The minimum Gasteiger partial charge on any atom is -0.497 e. The van der Waals surface area contributed by atoms with Crippen LogP contribution in [0.3, 0.4) is 0 Å². The maximum Gasteiger partial charge on any atom is 0.274 e. The molecule has 0 radical (unpaired) electrons. The monoisotopic (exact) mass is 521 g/mol. The molecule has 0 unspecified atom stereocenters. The maximum absolute atomic E-state index is 15.0. The van der Waals surface area contributed by atoms with E-state index in [1.165, 1.54) is 55.3 Å². The lowest BCUT2D eigenvalue weighted by Crippen LogP contribution is -2.44. The smallest absolute Gasteiger partial charge is 0.274 e. The molecule has 4 rings (SSSR count). The highest BCUT2D eigenvalue weighted by molar-refractivity contribution is 6.31. The van der Waals surface area contributed by atoms with E-state index in [1.54, 1.807) is 0 Å². The van der Waals surface area contributed by atoms with E-state index in [-0.39, 0.29) is 28.6 Å². The summed E-state index contributed by atoms with van der Waals surface area (Å²) in [6.45, 7) is -0.278. The normalized spacial score (nSPS) is 17.5. The van der Waals surface area contributed by atoms with Crippen LogP contribution in [0, 0.1) is 11.6 Å². The molecule has 2 atom stereocenters. The fourth-order valence-corrected chi connectivity index (χ4v) is 4.45. The van der Waals surface area contributed by atoms with Crippen LogP contribution in [-0.2, 0) is 11.8 Å². The molecule has 1 saturated heterocycles. The number of amides is 2. The van der Waals surface area contributed by atoms with Crippen molar-refractivity contribution in [2.45, 2.75) is 12.0 Å². The summed E-state index contributed by atoms with van der Waals surface area (Å²) < 4.78 is 36.2. The van der Waals surface area contributed by atoms with Gasteiger partial charge in [-0.25, -0.2) is 8.78 Å². The number of rotatable bonds is 5. The highest BCUT2D eigenvalue weighted by Gasteiger charge is 2.46. The zero-order valence-electron chi connectivity index (χ0n) is 18.5. The number of anilines is 1. The van der Waals surface area contributed by atoms with E-state index in [9.17, 15) is 14.4 Å². The van der Waals surface area contributed by atoms with E-state index in [0.717, 1.165) is 17.0 Å². The Morgan fingerprint density at radius 1 is 1.06 bits per heavy atom. The van der Waals surface area contributed by atoms with Crippen LogP contribution in [0.2, 0.25) is 10.0 Å². The minimum atomic E-state index is -1.38. The predicted molar refractivity (Wildman–Crippen MR) is 127 cm³/mol. The lowest BCUT2D eigenvalue weighted by Gasteiger charge is -2.20. The first-order valence-corrected chi connectivity index (χ1v) is 11.1. The molecule has 1 aromatic heterocycles. The quantitative estimate of drug-likeness (QED) is 0.552. The zero-order chi connectivity index (χ0) is 25.4. The Balaban J connectivity index is 1.79. The second-order valence-corrected chi connectivity index (χ2v) is 8.85. The predicted octanol–water partition coefficient (Wildman–Crippen LogP) is 3.91. The largest absolute Gasteiger partial charge is 0.497 e. The number of methoxy groups -OCH3 is 1. The highest BCUT2D eigenvalue weighted by Crippen LogP contribution is 2.36. The number of hydrogen-bond acceptors (Lipinski definition) is 4. The fourth-order valence-electron chi connectivity index (χ4n) is 4.08. The van der Waals surface area contributed by atoms with Crippen LogP contribution in [0.4, 0.5) is 14.5 Å². The Morgan fingerprint density at radius 2 is 1.69 bits per heavy atom. The van der Waals surface area contributed by atoms with Crippen LogP contribution in [0.25, 0.3) is 0 Å². The van der Waals surface area contributed by atoms with Crippen LogP contribution in [0.1, 0.15) is 21.8 Å². The number of hydrogen-bond donors (Lipinski definition) is 1. The van der Waals surface area contributed by atoms with Gasteiger partial charge in [-0.2, -0.15) is 0 Å². The molecule has 0 saturated carbocycles. The summed E-state index contributed by atoms with van der Waals surface area (Å²) in [6, 6.07) is 7.78. The summed E-state index contributed by atoms with van der Waals surface area (Å²) >= 11 is 12.0. The van der Waals surface area contributed by atoms with Gasteiger partial charge in [-0.1, -0.05) is 23.2 Å². The van der Waals surface area contributed by atoms with Gasteiger partial charge in [0.2, 0.25) is 5.91 Å². The molecule has 35 heavy (non-hydrogen) atoms. The van der Waals surface area contributed by atoms with Gasteiger partial charge in [0.1, 0.15) is 29.1 Å². The Labute approximate surface area is 208 Å². The van der Waals surface area contributed by atoms with Gasteiger partial charge in [0.15, 0.2) is 0 Å². The lowest BCUT2D eigenvalue weighted by atomic mass is 9.92. The van der Waals surface area contributed by atoms with E-state index in [2.05, 4.69) is 5.32 Å². The summed E-state index contributed by atoms with van der Waals surface area (Å²) in [6.07, 6.45) is 1.37. The molecular formula is C24H19Cl2F2N3O4. The molecule has 2 heterocycles. The third-order valence-corrected chi connectivity index (χ3v) is 6.25. The van der Waals surface area contributed by atoms with E-state index in [4.69, 9.17) is 27.9 Å². The van der Waals surface area contributed by atoms with Crippen molar-refractivity contribution in [3.05, 3.63) is 91.8 Å². The van der Waals surface area contributed by atoms with Crippen molar-refractivity contribution >= 4 is 40.7 Å². The molecular weight excluding hydrogens is 503 g/mol. The van der Waals surface area contributed by atoms with Crippen molar-refractivity contribution in [3.63, 3.8) is 0 Å². The van der Waals surface area contributed by atoms with Gasteiger partial charge in [-0.05, 0) is 30.3 Å². The average Bonchev–Trinajstić information content (AvgIpc) is 3.11. The van der Waals surface area contributed by atoms with E-state index < -0.39 is 46.5 Å². The van der Waals surface area contributed by atoms with Crippen molar-refractivity contribution in [1.29, 1.82) is 0 Å². The molecule has 0 bridgehead atoms. The first kappa shape index (κ1) is 24.7. The van der Waals surface area contributed by atoms with Crippen LogP contribution >= 0.6 is 23.2 Å². The van der Waals surface area contributed by atoms with E-state index in [0.29, 0.717) is 5.02 Å². The number of halogens is 4. The summed E-state index contributed by atoms with van der Waals surface area (Å²) in [5.74, 6) is -4.48. The van der Waals surface area contributed by atoms with Gasteiger partial charge in [0, 0.05) is 54.0 Å². The third-order valence-electron chi connectivity index (χ3n) is 5.79. The van der Waals surface area contributed by atoms with E-state index >= 15 is 8.78 Å². The highest BCUT2D eigenvalue weighted by atomic mass is 35.5. The number of ether oxygens (including phenoxy) is 1. The van der Waals surface area contributed by atoms with Gasteiger partial charge in [0.25, 0.3) is 11.5 Å². The Kier molecular flexibility index (Phi) is 6.82. The summed E-state index contributed by atoms with van der Waals surface area (Å²) in [5, 5.41) is 3.15. The number of aromatic nitrogens is 1. The first-order valence-electron chi connectivity index (χ1n) is 10.4. The molecule has 1 aliphatic rings. The molecule has 0 spiro atoms. The summed E-state index contributed by atoms with van der Waals surface area (Å²) in [4.78, 5) is 40.2. The van der Waals surface area contributed by atoms with Crippen LogP contribution in [0.5, 0.6) is 5.75 Å².